The minimum absolute atomic E-state index is 0.0179. The van der Waals surface area contributed by atoms with Crippen LogP contribution >= 0.6 is 0 Å². The third kappa shape index (κ3) is 6.33. The second-order valence-electron chi connectivity index (χ2n) is 10.9. The molecule has 0 saturated carbocycles. The fourth-order valence-corrected chi connectivity index (χ4v) is 5.03. The van der Waals surface area contributed by atoms with Gasteiger partial charge in [-0.25, -0.2) is 4.98 Å². The number of rotatable bonds is 8. The van der Waals surface area contributed by atoms with Gasteiger partial charge < -0.3 is 15.8 Å². The first-order chi connectivity index (χ1) is 16.5. The predicted octanol–water partition coefficient (Wildman–Crippen LogP) is 6.64. The summed E-state index contributed by atoms with van der Waals surface area (Å²) in [5, 5.41) is 3.37. The van der Waals surface area contributed by atoms with Crippen LogP contribution in [0.1, 0.15) is 65.5 Å². The van der Waals surface area contributed by atoms with Gasteiger partial charge in [0.15, 0.2) is 0 Å². The number of fused-ring (bicyclic) bond motifs is 1. The number of hydrogen-bond acceptors (Lipinski definition) is 4. The number of carbonyl (C=O) groups is 1. The van der Waals surface area contributed by atoms with E-state index in [1.165, 1.54) is 11.1 Å². The molecule has 3 atom stereocenters. The van der Waals surface area contributed by atoms with Crippen LogP contribution in [0.2, 0.25) is 0 Å². The molecule has 1 aliphatic rings. The van der Waals surface area contributed by atoms with Crippen molar-refractivity contribution in [1.29, 1.82) is 0 Å². The zero-order chi connectivity index (χ0) is 25.8. The van der Waals surface area contributed by atoms with Crippen molar-refractivity contribution in [3.05, 3.63) is 72.0 Å². The van der Waals surface area contributed by atoms with Gasteiger partial charge in [0, 0.05) is 24.1 Å². The fourth-order valence-electron chi connectivity index (χ4n) is 5.03. The second-order valence-corrected chi connectivity index (χ2v) is 10.9. The number of benzene rings is 1. The number of pyridine rings is 1. The Labute approximate surface area is 210 Å². The standard InChI is InChI=1S/C30H41N3O2/c1-8-10-26(29(4,5)6)20(3)30(7,9-2)33-28(34)22-12-11-21-13-14-24(18-23(21)17-22)35-25-15-16-32-27(31)19-25/h9-10,13-16,18-20,22H,2,8,11-12,17H2,1,3-7H3,(H2,31,32)(H,33,34)/b26-10+. The normalized spacial score (nSPS) is 18.7. The average molecular weight is 476 g/mol. The molecule has 0 bridgehead atoms. The summed E-state index contributed by atoms with van der Waals surface area (Å²) in [4.78, 5) is 17.5. The molecule has 0 spiro atoms. The number of hydrogen-bond donors (Lipinski definition) is 2. The Bertz CT molecular complexity index is 1100. The van der Waals surface area contributed by atoms with Gasteiger partial charge >= 0.3 is 0 Å². The van der Waals surface area contributed by atoms with Crippen LogP contribution in [-0.2, 0) is 17.6 Å². The lowest BCUT2D eigenvalue weighted by Crippen LogP contribution is -2.53. The van der Waals surface area contributed by atoms with Gasteiger partial charge in [-0.3, -0.25) is 4.79 Å². The van der Waals surface area contributed by atoms with Crippen molar-refractivity contribution in [3.63, 3.8) is 0 Å². The van der Waals surface area contributed by atoms with Gasteiger partial charge in [0.2, 0.25) is 5.91 Å². The SMILES string of the molecule is C=CC(C)(NC(=O)C1CCc2ccc(Oc3ccnc(N)c3)cc2C1)C(C)/C(=C\CC)C(C)(C)C. The van der Waals surface area contributed by atoms with E-state index in [-0.39, 0.29) is 23.2 Å². The van der Waals surface area contributed by atoms with E-state index in [9.17, 15) is 4.79 Å². The summed E-state index contributed by atoms with van der Waals surface area (Å²) >= 11 is 0. The summed E-state index contributed by atoms with van der Waals surface area (Å²) in [6, 6.07) is 9.60. The van der Waals surface area contributed by atoms with Crippen LogP contribution in [0, 0.1) is 17.3 Å². The highest BCUT2D eigenvalue weighted by molar-refractivity contribution is 5.80. The second kappa shape index (κ2) is 10.7. The molecule has 35 heavy (non-hydrogen) atoms. The van der Waals surface area contributed by atoms with E-state index >= 15 is 0 Å². The highest BCUT2D eigenvalue weighted by atomic mass is 16.5. The van der Waals surface area contributed by atoms with Crippen LogP contribution in [0.15, 0.2) is 60.8 Å². The largest absolute Gasteiger partial charge is 0.457 e. The third-order valence-corrected chi connectivity index (χ3v) is 7.24. The van der Waals surface area contributed by atoms with Crippen molar-refractivity contribution >= 4 is 11.7 Å². The van der Waals surface area contributed by atoms with Crippen molar-refractivity contribution in [3.8, 4) is 11.5 Å². The Kier molecular flexibility index (Phi) is 8.09. The number of amides is 1. The average Bonchev–Trinajstić information content (AvgIpc) is 2.80. The molecule has 1 heterocycles. The molecule has 188 valence electrons. The minimum Gasteiger partial charge on any atom is -0.457 e. The Morgan fingerprint density at radius 3 is 2.57 bits per heavy atom. The summed E-state index contributed by atoms with van der Waals surface area (Å²) in [6.07, 6.45) is 9.18. The smallest absolute Gasteiger partial charge is 0.224 e. The monoisotopic (exact) mass is 475 g/mol. The Balaban J connectivity index is 1.75. The van der Waals surface area contributed by atoms with Crippen LogP contribution in [0.3, 0.4) is 0 Å². The summed E-state index contributed by atoms with van der Waals surface area (Å²) in [6.45, 7) is 17.2. The molecule has 1 amide bonds. The zero-order valence-electron chi connectivity index (χ0n) is 22.2. The minimum atomic E-state index is -0.530. The maximum Gasteiger partial charge on any atom is 0.224 e. The van der Waals surface area contributed by atoms with Gasteiger partial charge in [-0.2, -0.15) is 0 Å². The van der Waals surface area contributed by atoms with E-state index in [0.29, 0.717) is 18.0 Å². The van der Waals surface area contributed by atoms with Gasteiger partial charge in [0.1, 0.15) is 17.3 Å². The molecule has 0 radical (unpaired) electrons. The number of anilines is 1. The van der Waals surface area contributed by atoms with Crippen molar-refractivity contribution in [1.82, 2.24) is 10.3 Å². The van der Waals surface area contributed by atoms with E-state index in [2.05, 4.69) is 70.6 Å². The maximum atomic E-state index is 13.5. The molecule has 5 heteroatoms. The molecule has 5 nitrogen and oxygen atoms in total. The summed E-state index contributed by atoms with van der Waals surface area (Å²) in [5.74, 6) is 1.93. The van der Waals surface area contributed by atoms with Crippen LogP contribution in [0.5, 0.6) is 11.5 Å². The van der Waals surface area contributed by atoms with E-state index in [4.69, 9.17) is 10.5 Å². The quantitative estimate of drug-likeness (QED) is 0.420. The summed E-state index contributed by atoms with van der Waals surface area (Å²) in [5.41, 5.74) is 9.03. The maximum absolute atomic E-state index is 13.5. The molecule has 1 aliphatic carbocycles. The Morgan fingerprint density at radius 2 is 1.94 bits per heavy atom. The van der Waals surface area contributed by atoms with Crippen LogP contribution in [0.4, 0.5) is 5.82 Å². The van der Waals surface area contributed by atoms with Crippen LogP contribution in [-0.4, -0.2) is 16.4 Å². The number of nitrogens with one attached hydrogen (secondary N) is 1. The van der Waals surface area contributed by atoms with Crippen LogP contribution in [0.25, 0.3) is 0 Å². The van der Waals surface area contributed by atoms with Crippen molar-refractivity contribution < 1.29 is 9.53 Å². The summed E-state index contributed by atoms with van der Waals surface area (Å²) in [7, 11) is 0. The lowest BCUT2D eigenvalue weighted by molar-refractivity contribution is -0.127. The lowest BCUT2D eigenvalue weighted by atomic mass is 9.71. The highest BCUT2D eigenvalue weighted by Crippen LogP contribution is 2.38. The molecular formula is C30H41N3O2. The number of nitrogens with zero attached hydrogens (tertiary/aromatic N) is 1. The van der Waals surface area contributed by atoms with Crippen molar-refractivity contribution in [2.24, 2.45) is 17.3 Å². The van der Waals surface area contributed by atoms with E-state index in [0.717, 1.165) is 30.6 Å². The number of aromatic nitrogens is 1. The fraction of sp³-hybridized carbons (Fsp3) is 0.467. The molecule has 3 N–H and O–H groups in total. The number of nitrogens with two attached hydrogens (primary N) is 1. The van der Waals surface area contributed by atoms with E-state index in [1.807, 2.05) is 18.2 Å². The first-order valence-electron chi connectivity index (χ1n) is 12.6. The zero-order valence-corrected chi connectivity index (χ0v) is 22.2. The molecule has 1 aromatic heterocycles. The molecule has 3 unspecified atom stereocenters. The van der Waals surface area contributed by atoms with E-state index < -0.39 is 5.54 Å². The van der Waals surface area contributed by atoms with Gasteiger partial charge in [0.25, 0.3) is 0 Å². The molecule has 2 aromatic rings. The number of nitrogen functional groups attached to an aromatic ring is 1. The first-order valence-corrected chi connectivity index (χ1v) is 12.6. The molecule has 3 rings (SSSR count). The number of allylic oxidation sites excluding steroid dienone is 1. The Hall–Kier alpha value is -3.08. The Morgan fingerprint density at radius 1 is 1.23 bits per heavy atom. The lowest BCUT2D eigenvalue weighted by Gasteiger charge is -2.41. The molecule has 0 saturated heterocycles. The first kappa shape index (κ1) is 26.5. The topological polar surface area (TPSA) is 77.2 Å². The predicted molar refractivity (Wildman–Crippen MR) is 144 cm³/mol. The van der Waals surface area contributed by atoms with Crippen molar-refractivity contribution in [2.75, 3.05) is 5.73 Å². The van der Waals surface area contributed by atoms with Gasteiger partial charge in [0.05, 0.1) is 5.54 Å². The van der Waals surface area contributed by atoms with Crippen LogP contribution < -0.4 is 15.8 Å². The van der Waals surface area contributed by atoms with Gasteiger partial charge in [-0.15, -0.1) is 6.58 Å². The molecule has 0 fully saturated rings. The van der Waals surface area contributed by atoms with Gasteiger partial charge in [-0.05, 0) is 67.3 Å². The van der Waals surface area contributed by atoms with Crippen molar-refractivity contribution in [2.45, 2.75) is 72.8 Å². The summed E-state index contributed by atoms with van der Waals surface area (Å²) < 4.78 is 5.99. The molecule has 0 aliphatic heterocycles. The van der Waals surface area contributed by atoms with Gasteiger partial charge in [-0.1, -0.05) is 58.4 Å². The third-order valence-electron chi connectivity index (χ3n) is 7.24. The number of ether oxygens (including phenoxy) is 1. The van der Waals surface area contributed by atoms with E-state index in [1.54, 1.807) is 18.3 Å². The number of carbonyl (C=O) groups excluding carboxylic acids is 1. The highest BCUT2D eigenvalue weighted by Gasteiger charge is 2.37. The molecule has 1 aromatic carbocycles. The molecular weight excluding hydrogens is 434 g/mol. The number of aryl methyl sites for hydroxylation is 1.